The average Bonchev–Trinajstić information content (AvgIpc) is 2.70. The van der Waals surface area contributed by atoms with E-state index in [4.69, 9.17) is 0 Å². The summed E-state index contributed by atoms with van der Waals surface area (Å²) in [5, 5.41) is 11.2. The molecule has 0 spiro atoms. The van der Waals surface area contributed by atoms with Gasteiger partial charge in [0, 0.05) is 32.2 Å². The van der Waals surface area contributed by atoms with Crippen LogP contribution in [0.2, 0.25) is 0 Å². The highest BCUT2D eigenvalue weighted by Gasteiger charge is 2.34. The largest absolute Gasteiger partial charge is 0.340 e. The van der Waals surface area contributed by atoms with Gasteiger partial charge in [-0.3, -0.25) is 14.9 Å². The summed E-state index contributed by atoms with van der Waals surface area (Å²) in [4.78, 5) is 24.4. The van der Waals surface area contributed by atoms with E-state index in [1.165, 1.54) is 28.6 Å². The van der Waals surface area contributed by atoms with E-state index in [0.717, 1.165) is 16.7 Å². The summed E-state index contributed by atoms with van der Waals surface area (Å²) in [5.41, 5.74) is 2.76. The van der Waals surface area contributed by atoms with Gasteiger partial charge in [0.15, 0.2) is 4.90 Å². The second-order valence-electron chi connectivity index (χ2n) is 7.11. The molecule has 2 aromatic carbocycles. The van der Waals surface area contributed by atoms with Crippen LogP contribution in [0.3, 0.4) is 0 Å². The maximum atomic E-state index is 12.9. The second kappa shape index (κ2) is 8.30. The van der Waals surface area contributed by atoms with E-state index in [1.807, 2.05) is 32.0 Å². The summed E-state index contributed by atoms with van der Waals surface area (Å²) in [7, 11) is -4.00. The topological polar surface area (TPSA) is 101 Å². The predicted octanol–water partition coefficient (Wildman–Crippen LogP) is 2.29. The summed E-state index contributed by atoms with van der Waals surface area (Å²) in [6, 6.07) is 11.2. The Hall–Kier alpha value is -2.78. The highest BCUT2D eigenvalue weighted by molar-refractivity contribution is 7.89. The van der Waals surface area contributed by atoms with Crippen molar-refractivity contribution in [3.05, 3.63) is 69.3 Å². The van der Waals surface area contributed by atoms with E-state index in [-0.39, 0.29) is 43.4 Å². The van der Waals surface area contributed by atoms with Gasteiger partial charge in [-0.2, -0.15) is 4.31 Å². The molecule has 29 heavy (non-hydrogen) atoms. The number of sulfonamides is 1. The van der Waals surface area contributed by atoms with Crippen LogP contribution in [0, 0.1) is 24.0 Å². The number of carbonyl (C=O) groups is 1. The highest BCUT2D eigenvalue weighted by Crippen LogP contribution is 2.27. The quantitative estimate of drug-likeness (QED) is 0.549. The first-order valence-electron chi connectivity index (χ1n) is 9.27. The lowest BCUT2D eigenvalue weighted by Gasteiger charge is -2.34. The molecule has 1 amide bonds. The molecule has 9 heteroatoms. The average molecular weight is 417 g/mol. The molecule has 0 aromatic heterocycles. The molecule has 1 saturated heterocycles. The number of hydrogen-bond donors (Lipinski definition) is 0. The number of rotatable bonds is 5. The Kier molecular flexibility index (Phi) is 5.99. The molecule has 8 nitrogen and oxygen atoms in total. The van der Waals surface area contributed by atoms with Crippen molar-refractivity contribution in [3.63, 3.8) is 0 Å². The number of carbonyl (C=O) groups excluding carboxylic acids is 1. The normalized spacial score (nSPS) is 15.3. The smallest absolute Gasteiger partial charge is 0.289 e. The molecule has 0 atom stereocenters. The van der Waals surface area contributed by atoms with Crippen molar-refractivity contribution < 1.29 is 18.1 Å². The SMILES string of the molecule is Cc1ccc(CC(=O)N2CCN(S(=O)(=O)c3ccccc3[N+](=O)[O-])CC2)cc1C. The van der Waals surface area contributed by atoms with Gasteiger partial charge < -0.3 is 4.90 Å². The molecule has 0 N–H and O–H groups in total. The molecule has 0 unspecified atom stereocenters. The molecule has 154 valence electrons. The molecule has 1 heterocycles. The third-order valence-electron chi connectivity index (χ3n) is 5.20. The van der Waals surface area contributed by atoms with Crippen molar-refractivity contribution in [3.8, 4) is 0 Å². The Morgan fingerprint density at radius 2 is 1.69 bits per heavy atom. The molecule has 0 bridgehead atoms. The number of hydrogen-bond acceptors (Lipinski definition) is 5. The van der Waals surface area contributed by atoms with Gasteiger partial charge in [-0.1, -0.05) is 30.3 Å². The van der Waals surface area contributed by atoms with Gasteiger partial charge in [0.2, 0.25) is 15.9 Å². The molecular formula is C20H23N3O5S. The number of nitro benzene ring substituents is 1. The molecule has 2 aromatic rings. The predicted molar refractivity (Wildman–Crippen MR) is 108 cm³/mol. The summed E-state index contributed by atoms with van der Waals surface area (Å²) in [5.74, 6) is -0.0593. The van der Waals surface area contributed by atoms with E-state index >= 15 is 0 Å². The van der Waals surface area contributed by atoms with Crippen molar-refractivity contribution in [1.82, 2.24) is 9.21 Å². The Morgan fingerprint density at radius 1 is 1.03 bits per heavy atom. The molecule has 0 radical (unpaired) electrons. The Bertz CT molecular complexity index is 1040. The number of amides is 1. The Morgan fingerprint density at radius 3 is 2.31 bits per heavy atom. The van der Waals surface area contributed by atoms with Gasteiger partial charge >= 0.3 is 0 Å². The lowest BCUT2D eigenvalue weighted by atomic mass is 10.0. The summed E-state index contributed by atoms with van der Waals surface area (Å²) in [6.07, 6.45) is 0.262. The van der Waals surface area contributed by atoms with Crippen LogP contribution >= 0.6 is 0 Å². The van der Waals surface area contributed by atoms with Crippen molar-refractivity contribution in [2.75, 3.05) is 26.2 Å². The third-order valence-corrected chi connectivity index (χ3v) is 7.14. The van der Waals surface area contributed by atoms with E-state index in [0.29, 0.717) is 0 Å². The molecule has 1 aliphatic rings. The number of aryl methyl sites for hydroxylation is 2. The van der Waals surface area contributed by atoms with Crippen LogP contribution in [-0.2, 0) is 21.2 Å². The second-order valence-corrected chi connectivity index (χ2v) is 9.01. The molecule has 0 saturated carbocycles. The zero-order valence-electron chi connectivity index (χ0n) is 16.4. The van der Waals surface area contributed by atoms with E-state index in [2.05, 4.69) is 0 Å². The number of benzene rings is 2. The lowest BCUT2D eigenvalue weighted by Crippen LogP contribution is -2.50. The fourth-order valence-corrected chi connectivity index (χ4v) is 4.92. The molecule has 1 aliphatic heterocycles. The Labute approximate surface area is 169 Å². The van der Waals surface area contributed by atoms with Gasteiger partial charge in [-0.15, -0.1) is 0 Å². The van der Waals surface area contributed by atoms with Crippen molar-refractivity contribution in [1.29, 1.82) is 0 Å². The summed E-state index contributed by atoms with van der Waals surface area (Å²) in [6.45, 7) is 4.72. The van der Waals surface area contributed by atoms with Crippen LogP contribution in [-0.4, -0.2) is 54.6 Å². The van der Waals surface area contributed by atoms with E-state index in [9.17, 15) is 23.3 Å². The highest BCUT2D eigenvalue weighted by atomic mass is 32.2. The van der Waals surface area contributed by atoms with Gasteiger partial charge in [0.1, 0.15) is 0 Å². The first-order valence-corrected chi connectivity index (χ1v) is 10.7. The molecule has 1 fully saturated rings. The van der Waals surface area contributed by atoms with Crippen molar-refractivity contribution >= 4 is 21.6 Å². The molecule has 3 rings (SSSR count). The van der Waals surface area contributed by atoms with E-state index < -0.39 is 20.6 Å². The van der Waals surface area contributed by atoms with Crippen LogP contribution in [0.4, 0.5) is 5.69 Å². The first kappa shape index (κ1) is 20.9. The van der Waals surface area contributed by atoms with Crippen LogP contribution in [0.15, 0.2) is 47.4 Å². The summed E-state index contributed by atoms with van der Waals surface area (Å²) < 4.78 is 26.9. The van der Waals surface area contributed by atoms with Crippen LogP contribution in [0.5, 0.6) is 0 Å². The minimum atomic E-state index is -4.00. The van der Waals surface area contributed by atoms with Crippen LogP contribution in [0.25, 0.3) is 0 Å². The summed E-state index contributed by atoms with van der Waals surface area (Å²) >= 11 is 0. The monoisotopic (exact) mass is 417 g/mol. The van der Waals surface area contributed by atoms with Gasteiger partial charge in [-0.05, 0) is 36.6 Å². The number of nitro groups is 1. The zero-order chi connectivity index (χ0) is 21.2. The van der Waals surface area contributed by atoms with Gasteiger partial charge in [-0.25, -0.2) is 8.42 Å². The van der Waals surface area contributed by atoms with Crippen LogP contribution < -0.4 is 0 Å². The first-order chi connectivity index (χ1) is 13.7. The number of para-hydroxylation sites is 1. The minimum Gasteiger partial charge on any atom is -0.340 e. The molecular weight excluding hydrogens is 394 g/mol. The van der Waals surface area contributed by atoms with Gasteiger partial charge in [0.25, 0.3) is 5.69 Å². The standard InChI is InChI=1S/C20H23N3O5S/c1-15-7-8-17(13-16(15)2)14-20(24)21-9-11-22(12-10-21)29(27,28)19-6-4-3-5-18(19)23(25)26/h3-8,13H,9-12,14H2,1-2H3. The van der Waals surface area contributed by atoms with Crippen molar-refractivity contribution in [2.45, 2.75) is 25.2 Å². The zero-order valence-corrected chi connectivity index (χ0v) is 17.2. The molecule has 0 aliphatic carbocycles. The Balaban J connectivity index is 1.67. The fraction of sp³-hybridized carbons (Fsp3) is 0.350. The third kappa shape index (κ3) is 4.46. The maximum Gasteiger partial charge on any atom is 0.289 e. The lowest BCUT2D eigenvalue weighted by molar-refractivity contribution is -0.387. The van der Waals surface area contributed by atoms with E-state index in [1.54, 1.807) is 4.90 Å². The van der Waals surface area contributed by atoms with Crippen LogP contribution in [0.1, 0.15) is 16.7 Å². The number of piperazine rings is 1. The minimum absolute atomic E-state index is 0.0593. The number of nitrogens with zero attached hydrogens (tertiary/aromatic N) is 3. The van der Waals surface area contributed by atoms with Crippen molar-refractivity contribution in [2.24, 2.45) is 0 Å². The van der Waals surface area contributed by atoms with Gasteiger partial charge in [0.05, 0.1) is 11.3 Å². The fourth-order valence-electron chi connectivity index (χ4n) is 3.34. The maximum absolute atomic E-state index is 12.9.